The number of nitrogens with zero attached hydrogens (tertiary/aromatic N) is 5. The maximum atomic E-state index is 6.31. The number of hydrogen-bond donors (Lipinski definition) is 0. The van der Waals surface area contributed by atoms with Gasteiger partial charge in [-0.05, 0) is 81.9 Å². The molecule has 0 aliphatic rings. The van der Waals surface area contributed by atoms with Crippen molar-refractivity contribution < 1.29 is 4.42 Å². The van der Waals surface area contributed by atoms with Gasteiger partial charge in [-0.1, -0.05) is 121 Å². The predicted molar refractivity (Wildman–Crippen MR) is 218 cm³/mol. The van der Waals surface area contributed by atoms with Crippen LogP contribution in [-0.4, -0.2) is 25.0 Å². The SMILES string of the molecule is c1ccc(-c2cccc(-c3cc(-c4ccc5c(c4)oc4ccccc45)nc(-c4ccc5ccc6ccc7nn(-c8ccccc8)nc7c6c5c4)n3)c2)cc1. The van der Waals surface area contributed by atoms with Crippen molar-refractivity contribution in [1.82, 2.24) is 25.0 Å². The molecule has 0 saturated carbocycles. The summed E-state index contributed by atoms with van der Waals surface area (Å²) in [5, 5.41) is 16.4. The van der Waals surface area contributed by atoms with E-state index in [0.29, 0.717) is 5.82 Å². The summed E-state index contributed by atoms with van der Waals surface area (Å²) in [7, 11) is 0. The van der Waals surface area contributed by atoms with E-state index < -0.39 is 0 Å². The van der Waals surface area contributed by atoms with Crippen LogP contribution in [0.25, 0.3) is 105 Å². The van der Waals surface area contributed by atoms with Crippen LogP contribution in [0.5, 0.6) is 0 Å². The van der Waals surface area contributed by atoms with E-state index in [1.165, 1.54) is 0 Å². The Balaban J connectivity index is 1.12. The Morgan fingerprint density at radius 2 is 1.07 bits per heavy atom. The second-order valence-electron chi connectivity index (χ2n) is 13.6. The van der Waals surface area contributed by atoms with Gasteiger partial charge in [-0.15, -0.1) is 10.2 Å². The molecule has 11 rings (SSSR count). The number of benzene rings is 8. The van der Waals surface area contributed by atoms with Crippen molar-refractivity contribution in [3.63, 3.8) is 0 Å². The summed E-state index contributed by atoms with van der Waals surface area (Å²) < 4.78 is 6.31. The lowest BCUT2D eigenvalue weighted by molar-refractivity contribution is 0.669. The minimum Gasteiger partial charge on any atom is -0.456 e. The average molecular weight is 692 g/mol. The van der Waals surface area contributed by atoms with Crippen LogP contribution in [0, 0.1) is 0 Å². The van der Waals surface area contributed by atoms with E-state index in [2.05, 4.69) is 115 Å². The van der Waals surface area contributed by atoms with Gasteiger partial charge >= 0.3 is 0 Å². The van der Waals surface area contributed by atoms with Crippen molar-refractivity contribution in [2.24, 2.45) is 0 Å². The monoisotopic (exact) mass is 691 g/mol. The highest BCUT2D eigenvalue weighted by Crippen LogP contribution is 2.37. The first-order chi connectivity index (χ1) is 26.7. The molecule has 0 N–H and O–H groups in total. The molecule has 6 heteroatoms. The third kappa shape index (κ3) is 5.04. The van der Waals surface area contributed by atoms with E-state index in [4.69, 9.17) is 24.6 Å². The second-order valence-corrected chi connectivity index (χ2v) is 13.6. The van der Waals surface area contributed by atoms with Crippen LogP contribution >= 0.6 is 0 Å². The van der Waals surface area contributed by atoms with Gasteiger partial charge in [-0.25, -0.2) is 9.97 Å². The minimum absolute atomic E-state index is 0.635. The Morgan fingerprint density at radius 1 is 0.407 bits per heavy atom. The van der Waals surface area contributed by atoms with Crippen LogP contribution in [0.2, 0.25) is 0 Å². The number of hydrogen-bond acceptors (Lipinski definition) is 5. The first-order valence-electron chi connectivity index (χ1n) is 18.0. The maximum Gasteiger partial charge on any atom is 0.160 e. The van der Waals surface area contributed by atoms with Crippen LogP contribution < -0.4 is 0 Å². The fourth-order valence-corrected chi connectivity index (χ4v) is 7.58. The van der Waals surface area contributed by atoms with E-state index >= 15 is 0 Å². The largest absolute Gasteiger partial charge is 0.456 e. The van der Waals surface area contributed by atoms with Crippen molar-refractivity contribution in [2.45, 2.75) is 0 Å². The number of rotatable bonds is 5. The summed E-state index contributed by atoms with van der Waals surface area (Å²) >= 11 is 0. The number of aromatic nitrogens is 5. The molecule has 3 heterocycles. The second kappa shape index (κ2) is 12.1. The molecule has 11 aromatic rings. The van der Waals surface area contributed by atoms with Gasteiger partial charge in [0.25, 0.3) is 0 Å². The van der Waals surface area contributed by atoms with Gasteiger partial charge in [-0.2, -0.15) is 4.80 Å². The third-order valence-electron chi connectivity index (χ3n) is 10.3. The van der Waals surface area contributed by atoms with Crippen molar-refractivity contribution in [2.75, 3.05) is 0 Å². The van der Waals surface area contributed by atoms with E-state index in [0.717, 1.165) is 99.4 Å². The Hall–Kier alpha value is -7.44. The molecule has 0 unspecified atom stereocenters. The van der Waals surface area contributed by atoms with Crippen LogP contribution in [-0.2, 0) is 0 Å². The zero-order valence-corrected chi connectivity index (χ0v) is 28.9. The molecule has 0 fully saturated rings. The first kappa shape index (κ1) is 30.2. The standard InChI is InChI=1S/C48H29N5O/c1-3-10-30(11-4-1)33-12-9-13-34(26-33)42-29-43(35-22-24-39-38-16-7-8-17-44(38)54-45(39)28-35)50-48(49-42)36-21-19-31-18-20-32-23-25-41-47(46(32)40(31)27-36)52-53(51-41)37-14-5-2-6-15-37/h1-29H. The Bertz CT molecular complexity index is 3220. The lowest BCUT2D eigenvalue weighted by Crippen LogP contribution is -1.97. The predicted octanol–water partition coefficient (Wildman–Crippen LogP) is 12.1. The molecular formula is C48H29N5O. The molecular weight excluding hydrogens is 663 g/mol. The summed E-state index contributed by atoms with van der Waals surface area (Å²) in [6.45, 7) is 0. The smallest absolute Gasteiger partial charge is 0.160 e. The molecule has 0 bridgehead atoms. The van der Waals surface area contributed by atoms with Crippen LogP contribution in [0.3, 0.4) is 0 Å². The molecule has 6 nitrogen and oxygen atoms in total. The molecule has 252 valence electrons. The normalized spacial score (nSPS) is 11.7. The van der Waals surface area contributed by atoms with Gasteiger partial charge in [0.1, 0.15) is 22.2 Å². The Kier molecular flexibility index (Phi) is 6.75. The minimum atomic E-state index is 0.635. The van der Waals surface area contributed by atoms with E-state index in [1.807, 2.05) is 60.7 Å². The fraction of sp³-hybridized carbons (Fsp3) is 0. The van der Waals surface area contributed by atoms with Crippen molar-refractivity contribution in [1.29, 1.82) is 0 Å². The van der Waals surface area contributed by atoms with Gasteiger partial charge in [0.05, 0.1) is 17.1 Å². The van der Waals surface area contributed by atoms with E-state index in [1.54, 1.807) is 4.80 Å². The van der Waals surface area contributed by atoms with Crippen molar-refractivity contribution >= 4 is 54.5 Å². The molecule has 8 aromatic carbocycles. The number of furan rings is 1. The highest BCUT2D eigenvalue weighted by atomic mass is 16.3. The quantitative estimate of drug-likeness (QED) is 0.168. The van der Waals surface area contributed by atoms with Gasteiger partial charge in [0.15, 0.2) is 5.82 Å². The number of para-hydroxylation sites is 2. The highest BCUT2D eigenvalue weighted by molar-refractivity contribution is 6.18. The van der Waals surface area contributed by atoms with Crippen molar-refractivity contribution in [3.8, 4) is 50.7 Å². The summed E-state index contributed by atoms with van der Waals surface area (Å²) in [6.07, 6.45) is 0. The molecule has 0 aliphatic heterocycles. The molecule has 0 spiro atoms. The molecule has 54 heavy (non-hydrogen) atoms. The van der Waals surface area contributed by atoms with Crippen LogP contribution in [0.1, 0.15) is 0 Å². The van der Waals surface area contributed by atoms with Gasteiger partial charge in [-0.3, -0.25) is 0 Å². The summed E-state index contributed by atoms with van der Waals surface area (Å²) in [4.78, 5) is 12.2. The van der Waals surface area contributed by atoms with Crippen LogP contribution in [0.15, 0.2) is 180 Å². The van der Waals surface area contributed by atoms with Gasteiger partial charge in [0, 0.05) is 32.8 Å². The van der Waals surface area contributed by atoms with E-state index in [-0.39, 0.29) is 0 Å². The molecule has 0 amide bonds. The van der Waals surface area contributed by atoms with Crippen LogP contribution in [0.4, 0.5) is 0 Å². The summed E-state index contributed by atoms with van der Waals surface area (Å²) in [6, 6.07) is 60.5. The average Bonchev–Trinajstić information content (AvgIpc) is 3.86. The lowest BCUT2D eigenvalue weighted by atomic mass is 9.98. The fourth-order valence-electron chi connectivity index (χ4n) is 7.58. The zero-order valence-electron chi connectivity index (χ0n) is 28.9. The Labute approximate surface area is 309 Å². The Morgan fingerprint density at radius 3 is 1.94 bits per heavy atom. The molecule has 3 aromatic heterocycles. The molecule has 0 atom stereocenters. The third-order valence-corrected chi connectivity index (χ3v) is 10.3. The molecule has 0 aliphatic carbocycles. The highest BCUT2D eigenvalue weighted by Gasteiger charge is 2.16. The molecule has 0 radical (unpaired) electrons. The first-order valence-corrected chi connectivity index (χ1v) is 18.0. The van der Waals surface area contributed by atoms with E-state index in [9.17, 15) is 0 Å². The zero-order chi connectivity index (χ0) is 35.6. The number of fused-ring (bicyclic) bond motifs is 8. The maximum absolute atomic E-state index is 6.31. The lowest BCUT2D eigenvalue weighted by Gasteiger charge is -2.12. The van der Waals surface area contributed by atoms with Crippen molar-refractivity contribution in [3.05, 3.63) is 176 Å². The summed E-state index contributed by atoms with van der Waals surface area (Å²) in [5.41, 5.74) is 11.1. The molecule has 0 saturated heterocycles. The topological polar surface area (TPSA) is 69.6 Å². The van der Waals surface area contributed by atoms with Gasteiger partial charge < -0.3 is 4.42 Å². The van der Waals surface area contributed by atoms with Gasteiger partial charge in [0.2, 0.25) is 0 Å². The summed E-state index contributed by atoms with van der Waals surface area (Å²) in [5.74, 6) is 0.635.